The van der Waals surface area contributed by atoms with Gasteiger partial charge in [-0.2, -0.15) is 0 Å². The summed E-state index contributed by atoms with van der Waals surface area (Å²) < 4.78 is 0. The van der Waals surface area contributed by atoms with Crippen molar-refractivity contribution in [2.45, 2.75) is 13.2 Å². The van der Waals surface area contributed by atoms with E-state index in [0.717, 1.165) is 0 Å². The molecular formula is C10H15NO4. The first-order chi connectivity index (χ1) is 6.99. The second kappa shape index (κ2) is 6.80. The largest absolute Gasteiger partial charge is 0.507 e. The molecular weight excluding hydrogens is 198 g/mol. The average Bonchev–Trinajstić information content (AvgIpc) is 2.19. The molecule has 0 aliphatic rings. The van der Waals surface area contributed by atoms with Crippen LogP contribution in [0.15, 0.2) is 24.3 Å². The van der Waals surface area contributed by atoms with Crippen LogP contribution in [0.5, 0.6) is 5.75 Å². The molecule has 1 unspecified atom stereocenters. The van der Waals surface area contributed by atoms with Crippen LogP contribution >= 0.6 is 0 Å². The molecule has 5 nitrogen and oxygen atoms in total. The zero-order chi connectivity index (χ0) is 11.8. The molecule has 0 heterocycles. The lowest BCUT2D eigenvalue weighted by atomic mass is 10.2. The van der Waals surface area contributed by atoms with Crippen molar-refractivity contribution in [2.75, 3.05) is 7.05 Å². The molecule has 1 aromatic rings. The summed E-state index contributed by atoms with van der Waals surface area (Å²) in [5.41, 5.74) is -0.0671. The van der Waals surface area contributed by atoms with Gasteiger partial charge < -0.3 is 15.3 Å². The molecule has 0 spiro atoms. The van der Waals surface area contributed by atoms with Gasteiger partial charge in [0, 0.05) is 0 Å². The Kier molecular flexibility index (Phi) is 6.08. The molecule has 0 bridgehead atoms. The number of para-hydroxylation sites is 1. The highest BCUT2D eigenvalue weighted by molar-refractivity contribution is 5.90. The lowest BCUT2D eigenvalue weighted by Crippen LogP contribution is -2.19. The SMILES string of the molecule is CNC(C)O.O=C(O)c1ccccc1O. The Morgan fingerprint density at radius 2 is 1.87 bits per heavy atom. The van der Waals surface area contributed by atoms with Gasteiger partial charge in [0.15, 0.2) is 0 Å². The second-order valence-corrected chi connectivity index (χ2v) is 2.79. The number of nitrogens with one attached hydrogen (secondary N) is 1. The monoisotopic (exact) mass is 213 g/mol. The minimum Gasteiger partial charge on any atom is -0.507 e. The van der Waals surface area contributed by atoms with Crippen molar-refractivity contribution in [1.82, 2.24) is 5.32 Å². The number of benzene rings is 1. The van der Waals surface area contributed by atoms with E-state index >= 15 is 0 Å². The molecule has 0 saturated carbocycles. The van der Waals surface area contributed by atoms with Crippen LogP contribution in [0.3, 0.4) is 0 Å². The first-order valence-electron chi connectivity index (χ1n) is 4.35. The van der Waals surface area contributed by atoms with Crippen molar-refractivity contribution < 1.29 is 20.1 Å². The van der Waals surface area contributed by atoms with Crippen LogP contribution in [0.2, 0.25) is 0 Å². The zero-order valence-electron chi connectivity index (χ0n) is 8.64. The molecule has 1 atom stereocenters. The van der Waals surface area contributed by atoms with Crippen molar-refractivity contribution in [1.29, 1.82) is 0 Å². The molecule has 1 aromatic carbocycles. The summed E-state index contributed by atoms with van der Waals surface area (Å²) in [6.07, 6.45) is -0.366. The van der Waals surface area contributed by atoms with Gasteiger partial charge in [0.05, 0.1) is 0 Å². The zero-order valence-corrected chi connectivity index (χ0v) is 8.64. The predicted octanol–water partition coefficient (Wildman–Crippen LogP) is 0.634. The van der Waals surface area contributed by atoms with Crippen LogP contribution in [0, 0.1) is 0 Å². The van der Waals surface area contributed by atoms with E-state index in [1.54, 1.807) is 26.1 Å². The maximum atomic E-state index is 10.3. The average molecular weight is 213 g/mol. The lowest BCUT2D eigenvalue weighted by Gasteiger charge is -1.95. The van der Waals surface area contributed by atoms with Crippen LogP contribution in [0.25, 0.3) is 0 Å². The van der Waals surface area contributed by atoms with Gasteiger partial charge in [-0.05, 0) is 26.1 Å². The molecule has 1 rings (SSSR count). The van der Waals surface area contributed by atoms with Crippen molar-refractivity contribution in [3.63, 3.8) is 0 Å². The number of carboxylic acid groups (broad SMARTS) is 1. The van der Waals surface area contributed by atoms with Crippen LogP contribution in [-0.2, 0) is 0 Å². The van der Waals surface area contributed by atoms with Crippen LogP contribution in [0.4, 0.5) is 0 Å². The maximum Gasteiger partial charge on any atom is 0.339 e. The Hall–Kier alpha value is -1.59. The fraction of sp³-hybridized carbons (Fsp3) is 0.300. The summed E-state index contributed by atoms with van der Waals surface area (Å²) in [4.78, 5) is 10.3. The summed E-state index contributed by atoms with van der Waals surface area (Å²) in [6.45, 7) is 1.67. The molecule has 4 N–H and O–H groups in total. The Labute approximate surface area is 88.0 Å². The van der Waals surface area contributed by atoms with E-state index < -0.39 is 5.97 Å². The number of carboxylic acids is 1. The first-order valence-corrected chi connectivity index (χ1v) is 4.35. The molecule has 0 aliphatic heterocycles. The van der Waals surface area contributed by atoms with Crippen molar-refractivity contribution >= 4 is 5.97 Å². The second-order valence-electron chi connectivity index (χ2n) is 2.79. The van der Waals surface area contributed by atoms with Crippen molar-refractivity contribution in [3.05, 3.63) is 29.8 Å². The Bertz CT molecular complexity index is 312. The third-order valence-electron chi connectivity index (χ3n) is 1.55. The molecule has 0 aromatic heterocycles. The van der Waals surface area contributed by atoms with Gasteiger partial charge >= 0.3 is 5.97 Å². The standard InChI is InChI=1S/C7H6O3.C3H9NO/c8-6-4-2-1-3-5(6)7(9)10;1-3(5)4-2/h1-4,8H,(H,9,10);3-5H,1-2H3. The third kappa shape index (κ3) is 5.66. The van der Waals surface area contributed by atoms with Gasteiger partial charge in [-0.25, -0.2) is 4.79 Å². The summed E-state index contributed by atoms with van der Waals surface area (Å²) in [5.74, 6) is -1.31. The molecule has 0 aliphatic carbocycles. The molecule has 84 valence electrons. The van der Waals surface area contributed by atoms with Crippen molar-refractivity contribution in [2.24, 2.45) is 0 Å². The van der Waals surface area contributed by atoms with Crippen molar-refractivity contribution in [3.8, 4) is 5.75 Å². The Balaban J connectivity index is 0.000000336. The van der Waals surface area contributed by atoms with Gasteiger partial charge in [-0.15, -0.1) is 0 Å². The number of aromatic carboxylic acids is 1. The number of aromatic hydroxyl groups is 1. The highest BCUT2D eigenvalue weighted by atomic mass is 16.4. The smallest absolute Gasteiger partial charge is 0.339 e. The fourth-order valence-electron chi connectivity index (χ4n) is 0.654. The topological polar surface area (TPSA) is 89.8 Å². The maximum absolute atomic E-state index is 10.3. The van der Waals surface area contributed by atoms with Gasteiger partial charge in [0.2, 0.25) is 0 Å². The van der Waals surface area contributed by atoms with E-state index in [0.29, 0.717) is 0 Å². The van der Waals surface area contributed by atoms with E-state index in [9.17, 15) is 4.79 Å². The molecule has 0 radical (unpaired) electrons. The van der Waals surface area contributed by atoms with Gasteiger partial charge in [-0.1, -0.05) is 12.1 Å². The molecule has 15 heavy (non-hydrogen) atoms. The van der Waals surface area contributed by atoms with E-state index in [4.69, 9.17) is 15.3 Å². The number of hydrogen-bond acceptors (Lipinski definition) is 4. The summed E-state index contributed by atoms with van der Waals surface area (Å²) in [7, 11) is 1.70. The summed E-state index contributed by atoms with van der Waals surface area (Å²) >= 11 is 0. The highest BCUT2D eigenvalue weighted by Gasteiger charge is 2.05. The number of rotatable bonds is 2. The lowest BCUT2D eigenvalue weighted by molar-refractivity contribution is 0.0693. The number of hydrogen-bond donors (Lipinski definition) is 4. The van der Waals surface area contributed by atoms with Crippen LogP contribution in [0.1, 0.15) is 17.3 Å². The number of carbonyl (C=O) groups is 1. The van der Waals surface area contributed by atoms with E-state index in [2.05, 4.69) is 5.32 Å². The minimum atomic E-state index is -1.11. The highest BCUT2D eigenvalue weighted by Crippen LogP contribution is 2.14. The molecule has 0 saturated heterocycles. The van der Waals surface area contributed by atoms with Crippen LogP contribution < -0.4 is 5.32 Å². The quantitative estimate of drug-likeness (QED) is 0.541. The minimum absolute atomic E-state index is 0.0671. The molecule has 5 heteroatoms. The number of phenols is 1. The third-order valence-corrected chi connectivity index (χ3v) is 1.55. The fourth-order valence-corrected chi connectivity index (χ4v) is 0.654. The number of aliphatic hydroxyl groups is 1. The number of aliphatic hydroxyl groups excluding tert-OH is 1. The van der Waals surface area contributed by atoms with E-state index in [-0.39, 0.29) is 17.5 Å². The summed E-state index contributed by atoms with van der Waals surface area (Å²) in [5, 5.41) is 28.1. The first kappa shape index (κ1) is 13.4. The molecule has 0 fully saturated rings. The molecule has 0 amide bonds. The Morgan fingerprint density at radius 3 is 2.13 bits per heavy atom. The normalized spacial score (nSPS) is 11.1. The summed E-state index contributed by atoms with van der Waals surface area (Å²) in [6, 6.07) is 5.81. The Morgan fingerprint density at radius 1 is 1.40 bits per heavy atom. The predicted molar refractivity (Wildman–Crippen MR) is 55.8 cm³/mol. The van der Waals surface area contributed by atoms with E-state index in [1.807, 2.05) is 0 Å². The van der Waals surface area contributed by atoms with Gasteiger partial charge in [0.25, 0.3) is 0 Å². The van der Waals surface area contributed by atoms with Gasteiger partial charge in [-0.3, -0.25) is 5.32 Å². The van der Waals surface area contributed by atoms with Gasteiger partial charge in [0.1, 0.15) is 17.5 Å². The van der Waals surface area contributed by atoms with Crippen LogP contribution in [-0.4, -0.2) is 34.6 Å². The van der Waals surface area contributed by atoms with E-state index in [1.165, 1.54) is 12.1 Å².